The molecule has 6 heteroatoms. The first-order chi connectivity index (χ1) is 8.54. The van der Waals surface area contributed by atoms with E-state index in [1.807, 2.05) is 0 Å². The van der Waals surface area contributed by atoms with Crippen molar-refractivity contribution in [2.45, 2.75) is 31.2 Å². The van der Waals surface area contributed by atoms with Gasteiger partial charge in [-0.15, -0.1) is 12.4 Å². The van der Waals surface area contributed by atoms with Crippen molar-refractivity contribution in [1.82, 2.24) is 4.31 Å². The average molecular weight is 305 g/mol. The van der Waals surface area contributed by atoms with Crippen LogP contribution >= 0.6 is 12.4 Å². The maximum atomic E-state index is 12.4. The number of sulfonamides is 1. The van der Waals surface area contributed by atoms with Crippen LogP contribution in [0.4, 0.5) is 0 Å². The number of hydrogen-bond donors (Lipinski definition) is 1. The van der Waals surface area contributed by atoms with Gasteiger partial charge in [0.25, 0.3) is 0 Å². The average Bonchev–Trinajstić information content (AvgIpc) is 2.39. The molecule has 1 aliphatic heterocycles. The van der Waals surface area contributed by atoms with Gasteiger partial charge in [-0.05, 0) is 36.5 Å². The number of benzene rings is 1. The molecule has 2 rings (SSSR count). The molecule has 1 aromatic carbocycles. The fraction of sp³-hybridized carbons (Fsp3) is 0.538. The van der Waals surface area contributed by atoms with Crippen molar-refractivity contribution in [1.29, 1.82) is 0 Å². The summed E-state index contributed by atoms with van der Waals surface area (Å²) in [6.07, 6.45) is 1.89. The maximum absolute atomic E-state index is 12.4. The van der Waals surface area contributed by atoms with Crippen LogP contribution < -0.4 is 5.73 Å². The Morgan fingerprint density at radius 3 is 2.21 bits per heavy atom. The quantitative estimate of drug-likeness (QED) is 0.929. The predicted molar refractivity (Wildman–Crippen MR) is 78.7 cm³/mol. The second-order valence-corrected chi connectivity index (χ2v) is 6.87. The van der Waals surface area contributed by atoms with Crippen LogP contribution in [-0.2, 0) is 16.6 Å². The molecular weight excluding hydrogens is 284 g/mol. The minimum absolute atomic E-state index is 0. The normalized spacial score (nSPS) is 18.0. The molecule has 0 radical (unpaired) electrons. The Morgan fingerprint density at radius 2 is 1.74 bits per heavy atom. The lowest BCUT2D eigenvalue weighted by atomic mass is 10.0. The van der Waals surface area contributed by atoms with E-state index < -0.39 is 10.0 Å². The van der Waals surface area contributed by atoms with Crippen molar-refractivity contribution in [2.75, 3.05) is 13.1 Å². The first-order valence-corrected chi connectivity index (χ1v) is 7.77. The SMILES string of the molecule is CC1CCN(S(=O)(=O)c2ccc(CN)cc2)CC1.Cl. The lowest BCUT2D eigenvalue weighted by Crippen LogP contribution is -2.37. The van der Waals surface area contributed by atoms with E-state index in [2.05, 4.69) is 6.92 Å². The van der Waals surface area contributed by atoms with Crippen molar-refractivity contribution >= 4 is 22.4 Å². The highest BCUT2D eigenvalue weighted by molar-refractivity contribution is 7.89. The molecular formula is C13H21ClN2O2S. The lowest BCUT2D eigenvalue weighted by molar-refractivity contribution is 0.288. The largest absolute Gasteiger partial charge is 0.326 e. The standard InChI is InChI=1S/C13H20N2O2S.ClH/c1-11-6-8-15(9-7-11)18(16,17)13-4-2-12(10-14)3-5-13;/h2-5,11H,6-10,14H2,1H3;1H. The van der Waals surface area contributed by atoms with E-state index in [0.29, 0.717) is 30.4 Å². The summed E-state index contributed by atoms with van der Waals surface area (Å²) in [5, 5.41) is 0. The summed E-state index contributed by atoms with van der Waals surface area (Å²) in [6, 6.07) is 6.85. The molecule has 1 aromatic rings. The molecule has 0 amide bonds. The van der Waals surface area contributed by atoms with Crippen LogP contribution in [0.5, 0.6) is 0 Å². The number of hydrogen-bond acceptors (Lipinski definition) is 3. The third-order valence-corrected chi connectivity index (χ3v) is 5.45. The number of piperidine rings is 1. The van der Waals surface area contributed by atoms with Crippen LogP contribution in [0.25, 0.3) is 0 Å². The van der Waals surface area contributed by atoms with Gasteiger partial charge in [-0.1, -0.05) is 19.1 Å². The van der Waals surface area contributed by atoms with Crippen LogP contribution in [0.2, 0.25) is 0 Å². The summed E-state index contributed by atoms with van der Waals surface area (Å²) in [5.41, 5.74) is 6.45. The molecule has 2 N–H and O–H groups in total. The molecule has 0 unspecified atom stereocenters. The summed E-state index contributed by atoms with van der Waals surface area (Å²) in [4.78, 5) is 0.370. The molecule has 1 saturated heterocycles. The molecule has 19 heavy (non-hydrogen) atoms. The minimum atomic E-state index is -3.32. The Kier molecular flexibility index (Phi) is 5.80. The number of rotatable bonds is 3. The molecule has 0 spiro atoms. The van der Waals surface area contributed by atoms with Gasteiger partial charge in [0.05, 0.1) is 4.90 Å². The molecule has 1 fully saturated rings. The zero-order chi connectivity index (χ0) is 13.2. The zero-order valence-electron chi connectivity index (χ0n) is 11.1. The Bertz CT molecular complexity index is 494. The van der Waals surface area contributed by atoms with Crippen molar-refractivity contribution in [2.24, 2.45) is 11.7 Å². The molecule has 0 aliphatic carbocycles. The van der Waals surface area contributed by atoms with E-state index in [1.165, 1.54) is 0 Å². The van der Waals surface area contributed by atoms with E-state index in [1.54, 1.807) is 28.6 Å². The molecule has 4 nitrogen and oxygen atoms in total. The highest BCUT2D eigenvalue weighted by Crippen LogP contribution is 2.23. The summed E-state index contributed by atoms with van der Waals surface area (Å²) < 4.78 is 26.4. The number of nitrogens with zero attached hydrogens (tertiary/aromatic N) is 1. The predicted octanol–water partition coefficient (Wildman–Crippen LogP) is 1.99. The van der Waals surface area contributed by atoms with Crippen molar-refractivity contribution in [3.8, 4) is 0 Å². The van der Waals surface area contributed by atoms with Crippen LogP contribution in [0.3, 0.4) is 0 Å². The number of nitrogens with two attached hydrogens (primary N) is 1. The van der Waals surface area contributed by atoms with E-state index >= 15 is 0 Å². The highest BCUT2D eigenvalue weighted by Gasteiger charge is 2.27. The molecule has 0 atom stereocenters. The smallest absolute Gasteiger partial charge is 0.243 e. The summed E-state index contributed by atoms with van der Waals surface area (Å²) in [7, 11) is -3.32. The molecule has 108 valence electrons. The van der Waals surface area contributed by atoms with Crippen LogP contribution in [0.15, 0.2) is 29.2 Å². The summed E-state index contributed by atoms with van der Waals surface area (Å²) in [5.74, 6) is 0.621. The maximum Gasteiger partial charge on any atom is 0.243 e. The number of halogens is 1. The van der Waals surface area contributed by atoms with E-state index in [-0.39, 0.29) is 12.4 Å². The van der Waals surface area contributed by atoms with E-state index in [0.717, 1.165) is 18.4 Å². The van der Waals surface area contributed by atoms with Gasteiger partial charge in [0.1, 0.15) is 0 Å². The monoisotopic (exact) mass is 304 g/mol. The third kappa shape index (κ3) is 3.69. The van der Waals surface area contributed by atoms with E-state index in [9.17, 15) is 8.42 Å². The first kappa shape index (κ1) is 16.4. The minimum Gasteiger partial charge on any atom is -0.326 e. The molecule has 0 aromatic heterocycles. The van der Waals surface area contributed by atoms with Gasteiger partial charge < -0.3 is 5.73 Å². The fourth-order valence-electron chi connectivity index (χ4n) is 2.17. The van der Waals surface area contributed by atoms with Gasteiger partial charge in [0, 0.05) is 19.6 Å². The first-order valence-electron chi connectivity index (χ1n) is 6.33. The van der Waals surface area contributed by atoms with Crippen molar-refractivity contribution in [3.05, 3.63) is 29.8 Å². The van der Waals surface area contributed by atoms with Crippen LogP contribution in [-0.4, -0.2) is 25.8 Å². The van der Waals surface area contributed by atoms with Gasteiger partial charge in [0.15, 0.2) is 0 Å². The van der Waals surface area contributed by atoms with Crippen LogP contribution in [0.1, 0.15) is 25.3 Å². The van der Waals surface area contributed by atoms with Gasteiger partial charge in [0.2, 0.25) is 10.0 Å². The highest BCUT2D eigenvalue weighted by atomic mass is 35.5. The molecule has 0 bridgehead atoms. The van der Waals surface area contributed by atoms with Crippen LogP contribution in [0, 0.1) is 5.92 Å². The Labute approximate surface area is 121 Å². The lowest BCUT2D eigenvalue weighted by Gasteiger charge is -2.29. The van der Waals surface area contributed by atoms with Gasteiger partial charge >= 0.3 is 0 Å². The second-order valence-electron chi connectivity index (χ2n) is 4.93. The Morgan fingerprint density at radius 1 is 1.21 bits per heavy atom. The molecule has 1 aliphatic rings. The molecule has 0 saturated carbocycles. The molecule has 1 heterocycles. The summed E-state index contributed by atoms with van der Waals surface area (Å²) in [6.45, 7) is 3.85. The zero-order valence-corrected chi connectivity index (χ0v) is 12.7. The van der Waals surface area contributed by atoms with E-state index in [4.69, 9.17) is 5.73 Å². The van der Waals surface area contributed by atoms with Gasteiger partial charge in [-0.3, -0.25) is 0 Å². The second kappa shape index (κ2) is 6.70. The Hall–Kier alpha value is -0.620. The fourth-order valence-corrected chi connectivity index (χ4v) is 3.64. The topological polar surface area (TPSA) is 63.4 Å². The summed E-state index contributed by atoms with van der Waals surface area (Å²) >= 11 is 0. The third-order valence-electron chi connectivity index (χ3n) is 3.54. The van der Waals surface area contributed by atoms with Crippen molar-refractivity contribution < 1.29 is 8.42 Å². The van der Waals surface area contributed by atoms with Gasteiger partial charge in [-0.25, -0.2) is 8.42 Å². The van der Waals surface area contributed by atoms with Gasteiger partial charge in [-0.2, -0.15) is 4.31 Å². The van der Waals surface area contributed by atoms with Crippen molar-refractivity contribution in [3.63, 3.8) is 0 Å². The Balaban J connectivity index is 0.00000180.